The van der Waals surface area contributed by atoms with E-state index in [1.54, 1.807) is 6.07 Å². The zero-order chi connectivity index (χ0) is 40.2. The van der Waals surface area contributed by atoms with Gasteiger partial charge in [-0.15, -0.1) is 11.3 Å². The summed E-state index contributed by atoms with van der Waals surface area (Å²) in [5, 5.41) is 5.11. The molecule has 17 heteroatoms. The molecule has 3 aliphatic rings. The molecule has 5 heterocycles. The summed E-state index contributed by atoms with van der Waals surface area (Å²) in [7, 11) is 0. The third-order valence-corrected chi connectivity index (χ3v) is 12.2. The minimum Gasteiger partial charge on any atom is -0.380 e. The summed E-state index contributed by atoms with van der Waals surface area (Å²) in [6.07, 6.45) is -2.22. The van der Waals surface area contributed by atoms with Crippen molar-refractivity contribution in [3.05, 3.63) is 122 Å². The molecule has 5 aromatic rings. The minimum absolute atomic E-state index is 0.0184. The van der Waals surface area contributed by atoms with Crippen LogP contribution in [-0.2, 0) is 17.3 Å². The first-order valence-corrected chi connectivity index (χ1v) is 19.3. The van der Waals surface area contributed by atoms with Crippen LogP contribution in [0.5, 0.6) is 0 Å². The average molecular weight is 871 g/mol. The van der Waals surface area contributed by atoms with Crippen LogP contribution in [0.25, 0.3) is 10.4 Å². The highest BCUT2D eigenvalue weighted by molar-refractivity contribution is 9.10. The Morgan fingerprint density at radius 1 is 0.860 bits per heavy atom. The third-order valence-electron chi connectivity index (χ3n) is 10.4. The molecule has 9 nitrogen and oxygen atoms in total. The van der Waals surface area contributed by atoms with Gasteiger partial charge in [-0.05, 0) is 101 Å². The van der Waals surface area contributed by atoms with Gasteiger partial charge >= 0.3 is 6.18 Å². The van der Waals surface area contributed by atoms with Gasteiger partial charge in [0.1, 0.15) is 17.5 Å². The first-order chi connectivity index (χ1) is 27.2. The maximum atomic E-state index is 14.7. The van der Waals surface area contributed by atoms with E-state index in [0.29, 0.717) is 48.4 Å². The fraction of sp³-hybridized carbons (Fsp3) is 0.250. The Morgan fingerprint density at radius 2 is 1.60 bits per heavy atom. The van der Waals surface area contributed by atoms with Crippen molar-refractivity contribution in [3.63, 3.8) is 0 Å². The molecule has 1 spiro atoms. The Bertz CT molecular complexity index is 2410. The smallest absolute Gasteiger partial charge is 0.380 e. The predicted molar refractivity (Wildman–Crippen MR) is 205 cm³/mol. The molecule has 8 rings (SSSR count). The van der Waals surface area contributed by atoms with E-state index < -0.39 is 46.9 Å². The average Bonchev–Trinajstić information content (AvgIpc) is 3.53. The fourth-order valence-corrected chi connectivity index (χ4v) is 8.88. The van der Waals surface area contributed by atoms with Gasteiger partial charge in [-0.25, -0.2) is 18.2 Å². The molecule has 2 N–H and O–H groups in total. The monoisotopic (exact) mass is 869 g/mol. The summed E-state index contributed by atoms with van der Waals surface area (Å²) in [5.41, 5.74) is 0.334. The summed E-state index contributed by atoms with van der Waals surface area (Å²) in [6.45, 7) is 2.36. The number of halogens is 7. The molecule has 0 saturated carbocycles. The van der Waals surface area contributed by atoms with Crippen molar-refractivity contribution in [3.8, 4) is 10.4 Å². The summed E-state index contributed by atoms with van der Waals surface area (Å²) < 4.78 is 89.4. The number of carbonyl (C=O) groups excluding carboxylic acids is 3. The molecule has 57 heavy (non-hydrogen) atoms. The zero-order valence-electron chi connectivity index (χ0n) is 29.6. The van der Waals surface area contributed by atoms with E-state index >= 15 is 0 Å². The van der Waals surface area contributed by atoms with Gasteiger partial charge in [0.05, 0.1) is 40.6 Å². The van der Waals surface area contributed by atoms with Gasteiger partial charge in [-0.1, -0.05) is 0 Å². The van der Waals surface area contributed by atoms with E-state index in [1.807, 2.05) is 4.90 Å². The molecule has 2 saturated heterocycles. The highest BCUT2D eigenvalue weighted by atomic mass is 79.9. The van der Waals surface area contributed by atoms with Crippen LogP contribution in [-0.4, -0.2) is 55.6 Å². The molecular formula is C40H30BrF6N5O4S. The van der Waals surface area contributed by atoms with Crippen molar-refractivity contribution in [2.45, 2.75) is 25.4 Å². The Kier molecular flexibility index (Phi) is 10.1. The van der Waals surface area contributed by atoms with Crippen LogP contribution in [0.4, 0.5) is 49.2 Å². The molecule has 0 radical (unpaired) electrons. The topological polar surface area (TPSA) is 104 Å². The van der Waals surface area contributed by atoms with Gasteiger partial charge in [-0.2, -0.15) is 13.2 Å². The number of alkyl halides is 3. The standard InChI is InChI=1S/C40H30BrF6N5O4S/c41-29-15-25(43)16-30(44)33(29)50-37(54)32-13-22-7-10-52(31-17-24(42)3-6-27(31)34(22)57-32)38(55)21-1-4-26(5-2-21)49-36(53)28-14-23(40(45,46)47)18-48-35(28)51-11-8-39(9-12-51)19-56-20-39/h1-6,13-18H,7-12,19-20H2,(H,49,53)(H,50,54). The number of ether oxygens (including phenoxy) is 1. The number of rotatable bonds is 6. The molecule has 0 aliphatic carbocycles. The number of aromatic nitrogens is 1. The van der Waals surface area contributed by atoms with E-state index in [0.717, 1.165) is 42.5 Å². The summed E-state index contributed by atoms with van der Waals surface area (Å²) in [5.74, 6) is -4.19. The highest BCUT2D eigenvalue weighted by Crippen LogP contribution is 2.43. The van der Waals surface area contributed by atoms with Crippen LogP contribution in [0.3, 0.4) is 0 Å². The van der Waals surface area contributed by atoms with Crippen molar-refractivity contribution in [1.82, 2.24) is 4.98 Å². The molecule has 2 fully saturated rings. The summed E-state index contributed by atoms with van der Waals surface area (Å²) in [6, 6.07) is 13.8. The Hall–Kier alpha value is -5.26. The fourth-order valence-electron chi connectivity index (χ4n) is 7.23. The summed E-state index contributed by atoms with van der Waals surface area (Å²) >= 11 is 4.14. The molecule has 0 unspecified atom stereocenters. The lowest BCUT2D eigenvalue weighted by Gasteiger charge is -2.47. The number of hydrogen-bond acceptors (Lipinski definition) is 7. The van der Waals surface area contributed by atoms with Crippen LogP contribution >= 0.6 is 27.3 Å². The Balaban J connectivity index is 1.01. The van der Waals surface area contributed by atoms with Crippen LogP contribution in [0.15, 0.2) is 77.4 Å². The zero-order valence-corrected chi connectivity index (χ0v) is 32.0. The molecular weight excluding hydrogens is 840 g/mol. The van der Waals surface area contributed by atoms with Gasteiger partial charge in [-0.3, -0.25) is 14.4 Å². The van der Waals surface area contributed by atoms with Crippen molar-refractivity contribution in [2.24, 2.45) is 5.41 Å². The van der Waals surface area contributed by atoms with Crippen molar-refractivity contribution >= 4 is 67.9 Å². The van der Waals surface area contributed by atoms with Gasteiger partial charge in [0.2, 0.25) is 0 Å². The van der Waals surface area contributed by atoms with E-state index in [1.165, 1.54) is 47.4 Å². The number of benzene rings is 3. The summed E-state index contributed by atoms with van der Waals surface area (Å²) in [4.78, 5) is 48.9. The maximum absolute atomic E-state index is 14.7. The van der Waals surface area contributed by atoms with E-state index in [4.69, 9.17) is 4.74 Å². The number of hydrogen-bond donors (Lipinski definition) is 2. The SMILES string of the molecule is O=C(Nc1c(F)cc(F)cc1Br)c1cc2c(s1)-c1ccc(F)cc1N(C(=O)c1ccc(NC(=O)c3cc(C(F)(F)F)cnc3N3CCC4(CC3)COC4)cc1)CC2. The molecule has 3 aliphatic heterocycles. The maximum Gasteiger partial charge on any atom is 0.417 e. The number of anilines is 4. The Morgan fingerprint density at radius 3 is 2.26 bits per heavy atom. The van der Waals surface area contributed by atoms with Gasteiger partial charge in [0, 0.05) is 63.5 Å². The quantitative estimate of drug-likeness (QED) is 0.165. The van der Waals surface area contributed by atoms with Crippen LogP contribution < -0.4 is 20.4 Å². The first-order valence-electron chi connectivity index (χ1n) is 17.7. The number of fused-ring (bicyclic) bond motifs is 3. The minimum atomic E-state index is -4.72. The lowest BCUT2D eigenvalue weighted by molar-refractivity contribution is -0.137. The van der Waals surface area contributed by atoms with E-state index in [9.17, 15) is 40.7 Å². The number of nitrogens with one attached hydrogen (secondary N) is 2. The van der Waals surface area contributed by atoms with Crippen molar-refractivity contribution < 1.29 is 45.5 Å². The first kappa shape index (κ1) is 38.6. The van der Waals surface area contributed by atoms with Crippen LogP contribution in [0.1, 0.15) is 54.4 Å². The second-order valence-corrected chi connectivity index (χ2v) is 16.0. The number of thiophene rings is 1. The number of amides is 3. The molecule has 2 aromatic heterocycles. The molecule has 0 atom stereocenters. The van der Waals surface area contributed by atoms with Crippen molar-refractivity contribution in [1.29, 1.82) is 0 Å². The van der Waals surface area contributed by atoms with E-state index in [-0.39, 0.29) is 61.7 Å². The Labute approximate surface area is 333 Å². The molecule has 294 valence electrons. The third kappa shape index (κ3) is 7.62. The number of nitrogens with zero attached hydrogens (tertiary/aromatic N) is 3. The normalized spacial score (nSPS) is 16.0. The van der Waals surface area contributed by atoms with Gasteiger partial charge in [0.25, 0.3) is 17.7 Å². The van der Waals surface area contributed by atoms with E-state index in [2.05, 4.69) is 31.5 Å². The second-order valence-electron chi connectivity index (χ2n) is 14.1. The molecule has 3 amide bonds. The molecule has 3 aromatic carbocycles. The number of carbonyl (C=O) groups is 3. The van der Waals surface area contributed by atoms with Crippen molar-refractivity contribution in [2.75, 3.05) is 53.3 Å². The number of piperidine rings is 1. The molecule has 0 bridgehead atoms. The largest absolute Gasteiger partial charge is 0.417 e. The number of pyridine rings is 1. The lowest BCUT2D eigenvalue weighted by atomic mass is 9.77. The lowest BCUT2D eigenvalue weighted by Crippen LogP contribution is -2.51. The highest BCUT2D eigenvalue weighted by Gasteiger charge is 2.42. The van der Waals surface area contributed by atoms with Crippen LogP contribution in [0.2, 0.25) is 0 Å². The van der Waals surface area contributed by atoms with Gasteiger partial charge < -0.3 is 25.2 Å². The second kappa shape index (κ2) is 14.9. The van der Waals surface area contributed by atoms with Gasteiger partial charge in [0.15, 0.2) is 5.82 Å². The van der Waals surface area contributed by atoms with Crippen LogP contribution in [0, 0.1) is 22.9 Å². The predicted octanol–water partition coefficient (Wildman–Crippen LogP) is 9.33.